The Morgan fingerprint density at radius 2 is 2.11 bits per heavy atom. The zero-order valence-electron chi connectivity index (χ0n) is 20.8. The number of methoxy groups -OCH3 is 1. The number of carboxylic acids is 1. The second-order valence-electron chi connectivity index (χ2n) is 9.54. The first kappa shape index (κ1) is 27.6. The second-order valence-corrected chi connectivity index (χ2v) is 11.1. The van der Waals surface area contributed by atoms with Crippen molar-refractivity contribution in [2.75, 3.05) is 32.5 Å². The van der Waals surface area contributed by atoms with Crippen LogP contribution in [0.1, 0.15) is 37.4 Å². The van der Waals surface area contributed by atoms with Gasteiger partial charge in [-0.2, -0.15) is 0 Å². The molecule has 3 atom stereocenters. The minimum atomic E-state index is -0.798. The van der Waals surface area contributed by atoms with Crippen LogP contribution >= 0.6 is 23.4 Å². The number of ether oxygens (including phenoxy) is 1. The van der Waals surface area contributed by atoms with E-state index in [1.54, 1.807) is 31.1 Å². The van der Waals surface area contributed by atoms with E-state index in [1.807, 2.05) is 24.3 Å². The van der Waals surface area contributed by atoms with Crippen molar-refractivity contribution < 1.29 is 24.1 Å². The number of carboxylic acid groups (broad SMARTS) is 1. The number of likely N-dealkylation sites (tertiary alicyclic amines) is 1. The molecule has 2 heterocycles. The Labute approximate surface area is 225 Å². The molecule has 4 rings (SSSR count). The van der Waals surface area contributed by atoms with E-state index in [-0.39, 0.29) is 24.1 Å². The molecule has 1 aliphatic rings. The fraction of sp³-hybridized carbons (Fsp3) is 0.429. The Kier molecular flexibility index (Phi) is 9.65. The van der Waals surface area contributed by atoms with Crippen LogP contribution in [-0.2, 0) is 4.79 Å². The summed E-state index contributed by atoms with van der Waals surface area (Å²) in [6, 6.07) is 12.0. The van der Waals surface area contributed by atoms with E-state index >= 15 is 0 Å². The molecule has 1 fully saturated rings. The summed E-state index contributed by atoms with van der Waals surface area (Å²) in [5.74, 6) is 0.565. The van der Waals surface area contributed by atoms with Crippen molar-refractivity contribution in [3.8, 4) is 5.75 Å². The highest BCUT2D eigenvalue weighted by molar-refractivity contribution is 7.99. The Balaban J connectivity index is 1.34. The van der Waals surface area contributed by atoms with Gasteiger partial charge in [-0.1, -0.05) is 11.6 Å². The monoisotopic (exact) mass is 546 g/mol. The lowest BCUT2D eigenvalue weighted by Crippen LogP contribution is -2.42. The van der Waals surface area contributed by atoms with Crippen molar-refractivity contribution >= 4 is 40.2 Å². The number of piperidine rings is 1. The Morgan fingerprint density at radius 3 is 2.86 bits per heavy atom. The fourth-order valence-electron chi connectivity index (χ4n) is 5.19. The molecule has 6 nitrogen and oxygen atoms in total. The highest BCUT2D eigenvalue weighted by atomic mass is 35.5. The summed E-state index contributed by atoms with van der Waals surface area (Å²) in [5.41, 5.74) is 1.61. The number of hydrogen-bond donors (Lipinski definition) is 2. The molecule has 9 heteroatoms. The molecule has 0 aliphatic carbocycles. The van der Waals surface area contributed by atoms with Crippen molar-refractivity contribution in [2.45, 2.75) is 36.7 Å². The van der Waals surface area contributed by atoms with E-state index in [4.69, 9.17) is 16.3 Å². The number of nitrogens with zero attached hydrogens (tertiary/aromatic N) is 2. The van der Waals surface area contributed by atoms with Gasteiger partial charge in [0.1, 0.15) is 11.6 Å². The van der Waals surface area contributed by atoms with Gasteiger partial charge in [0, 0.05) is 46.8 Å². The molecule has 198 valence electrons. The molecule has 2 N–H and O–H groups in total. The van der Waals surface area contributed by atoms with Crippen molar-refractivity contribution in [2.24, 2.45) is 11.8 Å². The average Bonchev–Trinajstić information content (AvgIpc) is 2.86. The Hall–Kier alpha value is -2.39. The van der Waals surface area contributed by atoms with Crippen LogP contribution in [0.5, 0.6) is 5.75 Å². The second kappa shape index (κ2) is 12.9. The number of pyridine rings is 1. The van der Waals surface area contributed by atoms with Gasteiger partial charge >= 0.3 is 5.97 Å². The number of fused-ring (bicyclic) bond motifs is 1. The van der Waals surface area contributed by atoms with E-state index in [0.29, 0.717) is 23.7 Å². The van der Waals surface area contributed by atoms with Crippen LogP contribution in [0.25, 0.3) is 10.9 Å². The minimum Gasteiger partial charge on any atom is -0.497 e. The van der Waals surface area contributed by atoms with Gasteiger partial charge in [0.25, 0.3) is 0 Å². The number of carbonyl (C=O) groups is 1. The third-order valence-corrected chi connectivity index (χ3v) is 8.25. The predicted octanol–water partition coefficient (Wildman–Crippen LogP) is 6.05. The van der Waals surface area contributed by atoms with Gasteiger partial charge in [-0.05, 0) is 85.7 Å². The summed E-state index contributed by atoms with van der Waals surface area (Å²) >= 11 is 7.49. The molecule has 0 amide bonds. The van der Waals surface area contributed by atoms with Crippen molar-refractivity contribution in [3.63, 3.8) is 0 Å². The predicted molar refractivity (Wildman–Crippen MR) is 145 cm³/mol. The lowest BCUT2D eigenvalue weighted by Gasteiger charge is -2.38. The van der Waals surface area contributed by atoms with Crippen molar-refractivity contribution in [1.29, 1.82) is 0 Å². The van der Waals surface area contributed by atoms with Gasteiger partial charge in [0.15, 0.2) is 0 Å². The highest BCUT2D eigenvalue weighted by Gasteiger charge is 2.31. The number of halogens is 2. The van der Waals surface area contributed by atoms with Gasteiger partial charge in [-0.25, -0.2) is 4.39 Å². The third kappa shape index (κ3) is 7.57. The maximum atomic E-state index is 13.6. The normalized spacial score (nSPS) is 19.1. The fourth-order valence-corrected chi connectivity index (χ4v) is 6.47. The van der Waals surface area contributed by atoms with E-state index in [0.717, 1.165) is 53.0 Å². The number of aliphatic hydroxyl groups is 1. The Bertz CT molecular complexity index is 1210. The van der Waals surface area contributed by atoms with Crippen LogP contribution in [0.15, 0.2) is 53.6 Å². The SMILES string of the molecule is COc1ccc2nccc([C@H](O)CC[C@@H]3CCN(CCSc4cc(F)cc(Cl)c4)C[C@@H]3CC(=O)O)c2c1. The first-order valence-electron chi connectivity index (χ1n) is 12.5. The summed E-state index contributed by atoms with van der Waals surface area (Å²) in [7, 11) is 1.61. The van der Waals surface area contributed by atoms with Crippen LogP contribution in [0, 0.1) is 17.7 Å². The molecule has 1 saturated heterocycles. The molecule has 1 aromatic heterocycles. The van der Waals surface area contributed by atoms with Gasteiger partial charge < -0.3 is 19.8 Å². The lowest BCUT2D eigenvalue weighted by molar-refractivity contribution is -0.139. The van der Waals surface area contributed by atoms with E-state index in [2.05, 4.69) is 9.88 Å². The topological polar surface area (TPSA) is 82.9 Å². The van der Waals surface area contributed by atoms with Crippen LogP contribution in [-0.4, -0.2) is 58.6 Å². The van der Waals surface area contributed by atoms with E-state index in [9.17, 15) is 19.4 Å². The van der Waals surface area contributed by atoms with Crippen LogP contribution in [0.4, 0.5) is 4.39 Å². The van der Waals surface area contributed by atoms with Gasteiger partial charge in [0.05, 0.1) is 18.7 Å². The zero-order valence-corrected chi connectivity index (χ0v) is 22.3. The van der Waals surface area contributed by atoms with Gasteiger partial charge in [-0.3, -0.25) is 9.78 Å². The van der Waals surface area contributed by atoms with Gasteiger partial charge in [-0.15, -0.1) is 11.8 Å². The van der Waals surface area contributed by atoms with Crippen LogP contribution < -0.4 is 4.74 Å². The summed E-state index contributed by atoms with van der Waals surface area (Å²) < 4.78 is 18.9. The lowest BCUT2D eigenvalue weighted by atomic mass is 9.79. The van der Waals surface area contributed by atoms with Crippen molar-refractivity contribution in [1.82, 2.24) is 9.88 Å². The maximum Gasteiger partial charge on any atom is 0.303 e. The van der Waals surface area contributed by atoms with E-state index < -0.39 is 12.1 Å². The number of benzene rings is 2. The minimum absolute atomic E-state index is 0.0151. The number of rotatable bonds is 11. The third-order valence-electron chi connectivity index (χ3n) is 7.08. The first-order chi connectivity index (χ1) is 17.8. The largest absolute Gasteiger partial charge is 0.497 e. The molecule has 0 bridgehead atoms. The molecule has 0 saturated carbocycles. The van der Waals surface area contributed by atoms with Gasteiger partial charge in [0.2, 0.25) is 0 Å². The van der Waals surface area contributed by atoms with E-state index in [1.165, 1.54) is 12.1 Å². The molecular formula is C28H32ClFN2O4S. The molecule has 0 unspecified atom stereocenters. The average molecular weight is 547 g/mol. The zero-order chi connectivity index (χ0) is 26.4. The molecule has 1 aliphatic heterocycles. The first-order valence-corrected chi connectivity index (χ1v) is 13.8. The summed E-state index contributed by atoms with van der Waals surface area (Å²) in [6.45, 7) is 2.36. The maximum absolute atomic E-state index is 13.6. The molecular weight excluding hydrogens is 515 g/mol. The highest BCUT2D eigenvalue weighted by Crippen LogP contribution is 2.35. The van der Waals surface area contributed by atoms with Crippen LogP contribution in [0.3, 0.4) is 0 Å². The number of thioether (sulfide) groups is 1. The molecule has 3 aromatic rings. The standard InChI is InChI=1S/C28H32ClFN2O4S/c1-36-22-3-4-26-25(16-22)24(6-8-31-26)27(33)5-2-18-7-9-32(17-19(18)12-28(34)35)10-11-37-23-14-20(29)13-21(30)15-23/h3-4,6,8,13-16,18-19,27,33H,2,5,7,9-12,17H2,1H3,(H,34,35)/t18-,19+,27-/m1/s1. The quantitative estimate of drug-likeness (QED) is 0.283. The smallest absolute Gasteiger partial charge is 0.303 e. The molecule has 2 aromatic carbocycles. The molecule has 0 spiro atoms. The summed E-state index contributed by atoms with van der Waals surface area (Å²) in [5, 5.41) is 21.8. The number of aromatic nitrogens is 1. The van der Waals surface area contributed by atoms with Crippen molar-refractivity contribution in [3.05, 3.63) is 65.1 Å². The summed E-state index contributed by atoms with van der Waals surface area (Å²) in [4.78, 5) is 19.1. The number of aliphatic hydroxyl groups excluding tert-OH is 1. The Morgan fingerprint density at radius 1 is 1.27 bits per heavy atom. The molecule has 37 heavy (non-hydrogen) atoms. The molecule has 0 radical (unpaired) electrons. The van der Waals surface area contributed by atoms with Crippen LogP contribution in [0.2, 0.25) is 5.02 Å². The number of hydrogen-bond acceptors (Lipinski definition) is 6. The summed E-state index contributed by atoms with van der Waals surface area (Å²) in [6.07, 6.45) is 3.32. The number of aliphatic carboxylic acids is 1.